The van der Waals surface area contributed by atoms with Gasteiger partial charge >= 0.3 is 12.1 Å². The molecule has 7 heteroatoms. The summed E-state index contributed by atoms with van der Waals surface area (Å²) in [6.45, 7) is 7.46. The number of piperidine rings is 1. The van der Waals surface area contributed by atoms with Gasteiger partial charge in [0.05, 0.1) is 0 Å². The highest BCUT2D eigenvalue weighted by atomic mass is 35.5. The highest BCUT2D eigenvalue weighted by molar-refractivity contribution is 6.18. The highest BCUT2D eigenvalue weighted by Gasteiger charge is 2.27. The number of anilines is 1. The zero-order valence-corrected chi connectivity index (χ0v) is 16.4. The number of amides is 3. The summed E-state index contributed by atoms with van der Waals surface area (Å²) in [7, 11) is 0. The van der Waals surface area contributed by atoms with Gasteiger partial charge in [-0.2, -0.15) is 0 Å². The zero-order chi connectivity index (χ0) is 19.2. The van der Waals surface area contributed by atoms with Crippen LogP contribution in [0.25, 0.3) is 0 Å². The summed E-state index contributed by atoms with van der Waals surface area (Å²) in [5.41, 5.74) is 1.50. The van der Waals surface area contributed by atoms with Crippen LogP contribution in [0.5, 0.6) is 0 Å². The molecule has 0 bridgehead atoms. The number of halogens is 1. The fourth-order valence-electron chi connectivity index (χ4n) is 2.90. The second-order valence-electron chi connectivity index (χ2n) is 7.43. The monoisotopic (exact) mass is 381 g/mol. The van der Waals surface area contributed by atoms with Gasteiger partial charge < -0.3 is 20.3 Å². The van der Waals surface area contributed by atoms with Crippen molar-refractivity contribution in [2.24, 2.45) is 0 Å². The summed E-state index contributed by atoms with van der Waals surface area (Å²) in [4.78, 5) is 25.5. The van der Waals surface area contributed by atoms with Crippen molar-refractivity contribution in [3.8, 4) is 0 Å². The van der Waals surface area contributed by atoms with Crippen LogP contribution in [-0.2, 0) is 4.74 Å². The minimum absolute atomic E-state index is 0.238. The molecule has 6 nitrogen and oxygen atoms in total. The SMILES string of the molecule is CC(C)(C)OC(=O)N1CCC(c2ccc(NC(=O)NCCCl)cc2)CC1. The van der Waals surface area contributed by atoms with Crippen LogP contribution in [0.1, 0.15) is 45.1 Å². The van der Waals surface area contributed by atoms with E-state index < -0.39 is 5.60 Å². The van der Waals surface area contributed by atoms with Crippen LogP contribution < -0.4 is 10.6 Å². The van der Waals surface area contributed by atoms with E-state index in [2.05, 4.69) is 10.6 Å². The van der Waals surface area contributed by atoms with Crippen molar-refractivity contribution in [2.75, 3.05) is 30.8 Å². The maximum absolute atomic E-state index is 12.1. The van der Waals surface area contributed by atoms with Gasteiger partial charge in [-0.3, -0.25) is 0 Å². The standard InChI is InChI=1S/C19H28ClN3O3/c1-19(2,3)26-18(25)23-12-8-15(9-13-23)14-4-6-16(7-5-14)22-17(24)21-11-10-20/h4-7,15H,8-13H2,1-3H3,(H2,21,22,24). The van der Waals surface area contributed by atoms with Crippen molar-refractivity contribution in [2.45, 2.75) is 45.1 Å². The third-order valence-electron chi connectivity index (χ3n) is 4.17. The maximum Gasteiger partial charge on any atom is 0.410 e. The molecular weight excluding hydrogens is 354 g/mol. The van der Waals surface area contributed by atoms with Crippen LogP contribution in [0.15, 0.2) is 24.3 Å². The van der Waals surface area contributed by atoms with Gasteiger partial charge in [-0.05, 0) is 57.2 Å². The van der Waals surface area contributed by atoms with E-state index in [9.17, 15) is 9.59 Å². The Balaban J connectivity index is 1.84. The van der Waals surface area contributed by atoms with Gasteiger partial charge in [0.15, 0.2) is 0 Å². The lowest BCUT2D eigenvalue weighted by molar-refractivity contribution is 0.0205. The molecule has 1 aromatic rings. The average Bonchev–Trinajstić information content (AvgIpc) is 2.59. The van der Waals surface area contributed by atoms with Gasteiger partial charge in [0.25, 0.3) is 0 Å². The molecule has 26 heavy (non-hydrogen) atoms. The van der Waals surface area contributed by atoms with E-state index in [1.165, 1.54) is 5.56 Å². The number of nitrogens with zero attached hydrogens (tertiary/aromatic N) is 1. The molecule has 0 spiro atoms. The normalized spacial score (nSPS) is 15.5. The van der Waals surface area contributed by atoms with E-state index in [0.29, 0.717) is 31.4 Å². The van der Waals surface area contributed by atoms with Crippen molar-refractivity contribution in [1.82, 2.24) is 10.2 Å². The molecule has 1 fully saturated rings. The Morgan fingerprint density at radius 3 is 2.35 bits per heavy atom. The molecule has 0 saturated carbocycles. The van der Waals surface area contributed by atoms with Crippen molar-refractivity contribution >= 4 is 29.4 Å². The Morgan fingerprint density at radius 1 is 1.19 bits per heavy atom. The van der Waals surface area contributed by atoms with Crippen molar-refractivity contribution in [1.29, 1.82) is 0 Å². The fourth-order valence-corrected chi connectivity index (χ4v) is 2.99. The van der Waals surface area contributed by atoms with E-state index in [4.69, 9.17) is 16.3 Å². The van der Waals surface area contributed by atoms with Crippen LogP contribution >= 0.6 is 11.6 Å². The molecule has 0 aliphatic carbocycles. The van der Waals surface area contributed by atoms with Crippen LogP contribution in [0.2, 0.25) is 0 Å². The smallest absolute Gasteiger partial charge is 0.410 e. The number of carbonyl (C=O) groups excluding carboxylic acids is 2. The number of urea groups is 1. The van der Waals surface area contributed by atoms with Gasteiger partial charge in [-0.1, -0.05) is 12.1 Å². The number of hydrogen-bond acceptors (Lipinski definition) is 3. The number of alkyl halides is 1. The molecule has 144 valence electrons. The van der Waals surface area contributed by atoms with Crippen molar-refractivity contribution in [3.05, 3.63) is 29.8 Å². The first kappa shape index (κ1) is 20.4. The molecule has 0 radical (unpaired) electrons. The summed E-state index contributed by atoms with van der Waals surface area (Å²) in [5.74, 6) is 0.793. The van der Waals surface area contributed by atoms with Crippen LogP contribution in [-0.4, -0.2) is 48.1 Å². The number of ether oxygens (including phenoxy) is 1. The number of likely N-dealkylation sites (tertiary alicyclic amines) is 1. The molecule has 1 saturated heterocycles. The second kappa shape index (κ2) is 9.12. The summed E-state index contributed by atoms with van der Waals surface area (Å²) in [6.07, 6.45) is 1.57. The quantitative estimate of drug-likeness (QED) is 0.769. The average molecular weight is 382 g/mol. The molecule has 1 aliphatic heterocycles. The number of hydrogen-bond donors (Lipinski definition) is 2. The lowest BCUT2D eigenvalue weighted by Gasteiger charge is -2.33. The lowest BCUT2D eigenvalue weighted by Crippen LogP contribution is -2.41. The van der Waals surface area contributed by atoms with E-state index in [0.717, 1.165) is 18.5 Å². The minimum Gasteiger partial charge on any atom is -0.444 e. The number of rotatable bonds is 4. The van der Waals surface area contributed by atoms with Gasteiger partial charge in [0.1, 0.15) is 5.60 Å². The van der Waals surface area contributed by atoms with E-state index in [1.807, 2.05) is 45.0 Å². The Bertz CT molecular complexity index is 605. The molecule has 0 aromatic heterocycles. The zero-order valence-electron chi connectivity index (χ0n) is 15.7. The van der Waals surface area contributed by atoms with Gasteiger partial charge in [-0.25, -0.2) is 9.59 Å². The maximum atomic E-state index is 12.1. The molecule has 2 rings (SSSR count). The summed E-state index contributed by atoms with van der Waals surface area (Å²) in [6, 6.07) is 7.60. The summed E-state index contributed by atoms with van der Waals surface area (Å²) >= 11 is 5.54. The van der Waals surface area contributed by atoms with Crippen LogP contribution in [0.4, 0.5) is 15.3 Å². The molecular formula is C19H28ClN3O3. The molecule has 0 unspecified atom stereocenters. The number of benzene rings is 1. The first-order chi connectivity index (χ1) is 12.3. The molecule has 1 heterocycles. The van der Waals surface area contributed by atoms with Crippen molar-refractivity contribution in [3.63, 3.8) is 0 Å². The summed E-state index contributed by atoms with van der Waals surface area (Å²) in [5, 5.41) is 5.43. The second-order valence-corrected chi connectivity index (χ2v) is 7.81. The Kier molecular flexibility index (Phi) is 7.14. The highest BCUT2D eigenvalue weighted by Crippen LogP contribution is 2.29. The lowest BCUT2D eigenvalue weighted by atomic mass is 9.89. The molecule has 1 aliphatic rings. The van der Waals surface area contributed by atoms with Crippen molar-refractivity contribution < 1.29 is 14.3 Å². The largest absolute Gasteiger partial charge is 0.444 e. The Morgan fingerprint density at radius 2 is 1.81 bits per heavy atom. The first-order valence-corrected chi connectivity index (χ1v) is 9.50. The Labute approximate surface area is 160 Å². The van der Waals surface area contributed by atoms with Crippen LogP contribution in [0, 0.1) is 0 Å². The predicted octanol–water partition coefficient (Wildman–Crippen LogP) is 4.16. The molecule has 1 aromatic carbocycles. The third kappa shape index (κ3) is 6.41. The van der Waals surface area contributed by atoms with Gasteiger partial charge in [-0.15, -0.1) is 11.6 Å². The van der Waals surface area contributed by atoms with E-state index in [-0.39, 0.29) is 12.1 Å². The number of nitrogens with one attached hydrogen (secondary N) is 2. The topological polar surface area (TPSA) is 70.7 Å². The number of carbonyl (C=O) groups is 2. The third-order valence-corrected chi connectivity index (χ3v) is 4.36. The fraction of sp³-hybridized carbons (Fsp3) is 0.579. The van der Waals surface area contributed by atoms with E-state index in [1.54, 1.807) is 4.90 Å². The minimum atomic E-state index is -0.465. The van der Waals surface area contributed by atoms with Gasteiger partial charge in [0, 0.05) is 31.2 Å². The van der Waals surface area contributed by atoms with Crippen LogP contribution in [0.3, 0.4) is 0 Å². The van der Waals surface area contributed by atoms with E-state index >= 15 is 0 Å². The molecule has 2 N–H and O–H groups in total. The Hall–Kier alpha value is -1.95. The first-order valence-electron chi connectivity index (χ1n) is 8.97. The predicted molar refractivity (Wildman–Crippen MR) is 104 cm³/mol. The molecule has 3 amide bonds. The van der Waals surface area contributed by atoms with Gasteiger partial charge in [0.2, 0.25) is 0 Å². The molecule has 0 atom stereocenters. The summed E-state index contributed by atoms with van der Waals surface area (Å²) < 4.78 is 5.43.